The van der Waals surface area contributed by atoms with E-state index in [4.69, 9.17) is 11.6 Å². The van der Waals surface area contributed by atoms with Crippen molar-refractivity contribution in [3.8, 4) is 0 Å². The number of hydrogen-bond acceptors (Lipinski definition) is 0. The van der Waals surface area contributed by atoms with Crippen molar-refractivity contribution in [3.05, 3.63) is 23.3 Å². The fraction of sp³-hybridized carbons (Fsp3) is 0.200. The molecule has 0 aromatic rings. The van der Waals surface area contributed by atoms with E-state index in [1.807, 2.05) is 18.2 Å². The molecular weight excluding hydrogens is 143 g/mol. The molecule has 0 saturated heterocycles. The van der Waals surface area contributed by atoms with E-state index in [1.54, 1.807) is 0 Å². The van der Waals surface area contributed by atoms with Gasteiger partial charge in [0.15, 0.2) is 0 Å². The molecule has 0 unspecified atom stereocenters. The number of rotatable bonds is 0. The van der Waals surface area contributed by atoms with E-state index < -0.39 is 0 Å². The zero-order valence-electron chi connectivity index (χ0n) is 7.82. The molecule has 0 radical (unpaired) electrons. The van der Waals surface area contributed by atoms with Crippen molar-refractivity contribution in [2.24, 2.45) is 0 Å². The fourth-order valence-electron chi connectivity index (χ4n) is 0.421. The van der Waals surface area contributed by atoms with Crippen LogP contribution >= 0.6 is 11.6 Å². The molecule has 7 heavy (non-hydrogen) atoms. The van der Waals surface area contributed by atoms with Crippen LogP contribution in [0.15, 0.2) is 23.3 Å². The Kier molecular flexibility index (Phi) is 3.72. The Hall–Kier alpha value is 0.484. The summed E-state index contributed by atoms with van der Waals surface area (Å²) in [5, 5.41) is 0.940. The maximum Gasteiger partial charge on any atom is 4.00 e. The van der Waals surface area contributed by atoms with Crippen LogP contribution in [-0.4, -0.2) is 0 Å². The quantitative estimate of drug-likeness (QED) is 0.468. The van der Waals surface area contributed by atoms with E-state index in [1.165, 1.54) is 0 Å². The molecule has 0 saturated carbocycles. The van der Waals surface area contributed by atoms with Crippen molar-refractivity contribution >= 4 is 11.6 Å². The predicted molar refractivity (Wildman–Crippen MR) is 32.1 cm³/mol. The summed E-state index contributed by atoms with van der Waals surface area (Å²) in [5.74, 6) is 0. The third-order valence-corrected chi connectivity index (χ3v) is 1.01. The Morgan fingerprint density at radius 3 is 2.57 bits per heavy atom. The Morgan fingerprint density at radius 2 is 2.43 bits per heavy atom. The van der Waals surface area contributed by atoms with Gasteiger partial charge in [-0.05, 0) is 6.08 Å². The van der Waals surface area contributed by atoms with Crippen LogP contribution in [0.5, 0.6) is 0 Å². The molecule has 0 atom stereocenters. The molecule has 0 aromatic carbocycles. The summed E-state index contributed by atoms with van der Waals surface area (Å²) in [6.07, 6.45) is 6.83. The molecule has 1 aliphatic rings. The van der Waals surface area contributed by atoms with Crippen molar-refractivity contribution in [1.82, 2.24) is 0 Å². The van der Waals surface area contributed by atoms with Crippen LogP contribution in [0.3, 0.4) is 0 Å². The van der Waals surface area contributed by atoms with Crippen LogP contribution in [0.4, 0.5) is 0 Å². The van der Waals surface area contributed by atoms with E-state index >= 15 is 0 Å². The SMILES string of the molecule is ClC1=CC=CC1.[H-].[H-].[H-].[H-].[Ti+4]. The molecule has 1 rings (SSSR count). The van der Waals surface area contributed by atoms with Gasteiger partial charge in [0.2, 0.25) is 0 Å². The Bertz CT molecular complexity index is 115. The fourth-order valence-corrected chi connectivity index (χ4v) is 0.583. The van der Waals surface area contributed by atoms with Crippen molar-refractivity contribution in [2.45, 2.75) is 6.42 Å². The largest absolute Gasteiger partial charge is 4.00 e. The summed E-state index contributed by atoms with van der Waals surface area (Å²) >= 11 is 5.51. The van der Waals surface area contributed by atoms with Crippen LogP contribution in [0.1, 0.15) is 12.1 Å². The first-order chi connectivity index (χ1) is 2.89. The molecule has 0 nitrogen and oxygen atoms in total. The van der Waals surface area contributed by atoms with Gasteiger partial charge in [0.1, 0.15) is 0 Å². The van der Waals surface area contributed by atoms with Crippen molar-refractivity contribution in [1.29, 1.82) is 0 Å². The van der Waals surface area contributed by atoms with Crippen LogP contribution in [0, 0.1) is 0 Å². The minimum atomic E-state index is 0. The van der Waals surface area contributed by atoms with Gasteiger partial charge in [0.05, 0.1) is 0 Å². The standard InChI is InChI=1S/C5H5Cl.Ti.4H/c6-5-3-1-2-4-5;;;;;/h1-3H,4H2;;;;;/q;+4;4*-1. The van der Waals surface area contributed by atoms with Crippen LogP contribution in [0.2, 0.25) is 0 Å². The normalized spacial score (nSPS) is 15.9. The molecule has 0 aliphatic heterocycles. The summed E-state index contributed by atoms with van der Waals surface area (Å²) in [6, 6.07) is 0. The topological polar surface area (TPSA) is 0 Å². The average molecular weight is 152 g/mol. The maximum absolute atomic E-state index is 5.51. The van der Waals surface area contributed by atoms with Gasteiger partial charge in [0, 0.05) is 11.5 Å². The minimum Gasteiger partial charge on any atom is -1.00 e. The smallest absolute Gasteiger partial charge is 1.00 e. The molecule has 0 fully saturated rings. The van der Waals surface area contributed by atoms with Crippen molar-refractivity contribution in [3.63, 3.8) is 0 Å². The second-order valence-corrected chi connectivity index (χ2v) is 1.73. The predicted octanol–water partition coefficient (Wildman–Crippen LogP) is 2.52. The molecular formula is C5H9ClTi. The van der Waals surface area contributed by atoms with Gasteiger partial charge < -0.3 is 5.71 Å². The average Bonchev–Trinajstić information content (AvgIpc) is 1.86. The van der Waals surface area contributed by atoms with Crippen LogP contribution in [-0.2, 0) is 21.7 Å². The molecule has 0 heterocycles. The van der Waals surface area contributed by atoms with Crippen LogP contribution in [0.25, 0.3) is 0 Å². The van der Waals surface area contributed by atoms with Gasteiger partial charge in [-0.2, -0.15) is 0 Å². The molecule has 2 heteroatoms. The molecule has 0 spiro atoms. The zero-order valence-corrected chi connectivity index (χ0v) is 6.13. The van der Waals surface area contributed by atoms with Gasteiger partial charge in [-0.15, -0.1) is 0 Å². The van der Waals surface area contributed by atoms with Gasteiger partial charge in [-0.25, -0.2) is 0 Å². The van der Waals surface area contributed by atoms with E-state index in [0.29, 0.717) is 0 Å². The third-order valence-electron chi connectivity index (χ3n) is 0.726. The summed E-state index contributed by atoms with van der Waals surface area (Å²) in [4.78, 5) is 0. The third kappa shape index (κ3) is 2.33. The van der Waals surface area contributed by atoms with Gasteiger partial charge in [-0.3, -0.25) is 0 Å². The zero-order chi connectivity index (χ0) is 4.41. The number of allylic oxidation sites excluding steroid dienone is 4. The van der Waals surface area contributed by atoms with Gasteiger partial charge >= 0.3 is 21.7 Å². The number of halogens is 1. The Morgan fingerprint density at radius 1 is 1.71 bits per heavy atom. The minimum absolute atomic E-state index is 0. The summed E-state index contributed by atoms with van der Waals surface area (Å²) in [7, 11) is 0. The summed E-state index contributed by atoms with van der Waals surface area (Å²) in [5.41, 5.74) is 0. The van der Waals surface area contributed by atoms with Gasteiger partial charge in [0.25, 0.3) is 0 Å². The van der Waals surface area contributed by atoms with Crippen molar-refractivity contribution < 1.29 is 27.4 Å². The molecule has 0 N–H and O–H groups in total. The molecule has 40 valence electrons. The van der Waals surface area contributed by atoms with Crippen LogP contribution < -0.4 is 0 Å². The summed E-state index contributed by atoms with van der Waals surface area (Å²) < 4.78 is 0. The van der Waals surface area contributed by atoms with E-state index in [9.17, 15) is 0 Å². The second kappa shape index (κ2) is 3.48. The first-order valence-electron chi connectivity index (χ1n) is 1.91. The molecule has 0 amide bonds. The van der Waals surface area contributed by atoms with E-state index in [2.05, 4.69) is 0 Å². The monoisotopic (exact) mass is 152 g/mol. The second-order valence-electron chi connectivity index (χ2n) is 1.25. The number of hydrogen-bond donors (Lipinski definition) is 0. The first-order valence-corrected chi connectivity index (χ1v) is 2.28. The first kappa shape index (κ1) is 7.48. The maximum atomic E-state index is 5.51. The molecule has 1 aliphatic carbocycles. The van der Waals surface area contributed by atoms with Crippen molar-refractivity contribution in [2.75, 3.05) is 0 Å². The molecule has 0 bridgehead atoms. The molecule has 0 aromatic heterocycles. The van der Waals surface area contributed by atoms with Gasteiger partial charge in [-0.1, -0.05) is 23.8 Å². The summed E-state index contributed by atoms with van der Waals surface area (Å²) in [6.45, 7) is 0. The Labute approximate surface area is 69.1 Å². The Balaban J connectivity index is -0.0000000240. The van der Waals surface area contributed by atoms with E-state index in [-0.39, 0.29) is 27.4 Å². The van der Waals surface area contributed by atoms with E-state index in [0.717, 1.165) is 11.5 Å².